The van der Waals surface area contributed by atoms with Crippen LogP contribution in [0.3, 0.4) is 0 Å². The highest BCUT2D eigenvalue weighted by atomic mass is 79.9. The highest BCUT2D eigenvalue weighted by Gasteiger charge is 2.25. The molecule has 1 nitrogen and oxygen atoms in total. The molecule has 1 atom stereocenters. The van der Waals surface area contributed by atoms with Gasteiger partial charge in [0.15, 0.2) is 0 Å². The Kier molecular flexibility index (Phi) is 5.53. The number of halogens is 1. The Morgan fingerprint density at radius 1 is 1.12 bits per heavy atom. The molecule has 0 heterocycles. The summed E-state index contributed by atoms with van der Waals surface area (Å²) < 4.78 is 6.07. The molecule has 1 aromatic rings. The summed E-state index contributed by atoms with van der Waals surface area (Å²) in [5.41, 5.74) is 1.35. The van der Waals surface area contributed by atoms with Gasteiger partial charge in [-0.1, -0.05) is 65.5 Å². The van der Waals surface area contributed by atoms with Gasteiger partial charge in [0, 0.05) is 5.33 Å². The summed E-state index contributed by atoms with van der Waals surface area (Å²) in [7, 11) is 0. The standard InChI is InChI=1S/C15H21BrO/c16-11-12-17-15(13-7-3-1-4-8-13)14-9-5-2-6-10-14/h1,3-4,7-8,14-15H,2,5-6,9-12H2. The monoisotopic (exact) mass is 296 g/mol. The smallest absolute Gasteiger partial charge is 0.0853 e. The van der Waals surface area contributed by atoms with Gasteiger partial charge >= 0.3 is 0 Å². The van der Waals surface area contributed by atoms with Crippen LogP contribution >= 0.6 is 15.9 Å². The van der Waals surface area contributed by atoms with Crippen molar-refractivity contribution >= 4 is 15.9 Å². The van der Waals surface area contributed by atoms with Crippen molar-refractivity contribution in [2.24, 2.45) is 5.92 Å². The van der Waals surface area contributed by atoms with E-state index < -0.39 is 0 Å². The Hall–Kier alpha value is -0.340. The van der Waals surface area contributed by atoms with Gasteiger partial charge in [-0.15, -0.1) is 0 Å². The zero-order chi connectivity index (χ0) is 11.9. The van der Waals surface area contributed by atoms with Crippen molar-refractivity contribution in [2.45, 2.75) is 38.2 Å². The first kappa shape index (κ1) is 13.1. The van der Waals surface area contributed by atoms with Crippen LogP contribution in [0, 0.1) is 5.92 Å². The van der Waals surface area contributed by atoms with Crippen LogP contribution in [0.5, 0.6) is 0 Å². The molecule has 1 aliphatic rings. The molecule has 0 spiro atoms. The van der Waals surface area contributed by atoms with Gasteiger partial charge in [-0.05, 0) is 24.3 Å². The van der Waals surface area contributed by atoms with E-state index in [1.165, 1.54) is 37.7 Å². The molecule has 0 radical (unpaired) electrons. The van der Waals surface area contributed by atoms with Crippen LogP contribution in [-0.4, -0.2) is 11.9 Å². The fourth-order valence-corrected chi connectivity index (χ4v) is 2.94. The van der Waals surface area contributed by atoms with Gasteiger partial charge in [0.05, 0.1) is 12.7 Å². The van der Waals surface area contributed by atoms with E-state index >= 15 is 0 Å². The highest BCUT2D eigenvalue weighted by Crippen LogP contribution is 2.36. The minimum absolute atomic E-state index is 0.300. The molecule has 17 heavy (non-hydrogen) atoms. The predicted octanol–water partition coefficient (Wildman–Crippen LogP) is 4.72. The van der Waals surface area contributed by atoms with Crippen LogP contribution in [-0.2, 0) is 4.74 Å². The van der Waals surface area contributed by atoms with Crippen LogP contribution in [0.2, 0.25) is 0 Å². The van der Waals surface area contributed by atoms with Gasteiger partial charge in [-0.2, -0.15) is 0 Å². The molecule has 0 saturated heterocycles. The first-order valence-electron chi connectivity index (χ1n) is 6.64. The first-order valence-corrected chi connectivity index (χ1v) is 7.76. The quantitative estimate of drug-likeness (QED) is 0.715. The molecule has 0 N–H and O–H groups in total. The van der Waals surface area contributed by atoms with Gasteiger partial charge < -0.3 is 4.74 Å². The van der Waals surface area contributed by atoms with Crippen molar-refractivity contribution in [3.05, 3.63) is 35.9 Å². The Balaban J connectivity index is 2.06. The lowest BCUT2D eigenvalue weighted by atomic mass is 9.82. The molecular weight excluding hydrogens is 276 g/mol. The third-order valence-corrected chi connectivity index (χ3v) is 3.90. The molecule has 1 aromatic carbocycles. The van der Waals surface area contributed by atoms with Crippen LogP contribution < -0.4 is 0 Å². The van der Waals surface area contributed by atoms with Crippen molar-refractivity contribution in [2.75, 3.05) is 11.9 Å². The minimum atomic E-state index is 0.300. The number of ether oxygens (including phenoxy) is 1. The molecule has 1 fully saturated rings. The van der Waals surface area contributed by atoms with E-state index in [0.29, 0.717) is 12.0 Å². The summed E-state index contributed by atoms with van der Waals surface area (Å²) in [4.78, 5) is 0. The van der Waals surface area contributed by atoms with Crippen LogP contribution in [0.15, 0.2) is 30.3 Å². The molecule has 0 bridgehead atoms. The summed E-state index contributed by atoms with van der Waals surface area (Å²) in [6, 6.07) is 10.7. The Morgan fingerprint density at radius 2 is 1.82 bits per heavy atom. The molecule has 94 valence electrons. The summed E-state index contributed by atoms with van der Waals surface area (Å²) in [5.74, 6) is 0.713. The fourth-order valence-electron chi connectivity index (χ4n) is 2.76. The van der Waals surface area contributed by atoms with E-state index in [1.54, 1.807) is 0 Å². The minimum Gasteiger partial charge on any atom is -0.372 e. The Morgan fingerprint density at radius 3 is 2.47 bits per heavy atom. The molecule has 1 unspecified atom stereocenters. The van der Waals surface area contributed by atoms with Crippen LogP contribution in [0.25, 0.3) is 0 Å². The van der Waals surface area contributed by atoms with Crippen LogP contribution in [0.1, 0.15) is 43.8 Å². The largest absolute Gasteiger partial charge is 0.372 e. The highest BCUT2D eigenvalue weighted by molar-refractivity contribution is 9.09. The van der Waals surface area contributed by atoms with Crippen molar-refractivity contribution in [1.29, 1.82) is 0 Å². The molecular formula is C15H21BrO. The topological polar surface area (TPSA) is 9.23 Å². The third-order valence-electron chi connectivity index (χ3n) is 3.58. The second kappa shape index (κ2) is 7.17. The van der Waals surface area contributed by atoms with Gasteiger partial charge in [0.1, 0.15) is 0 Å². The third kappa shape index (κ3) is 3.82. The summed E-state index contributed by atoms with van der Waals surface area (Å²) in [6.45, 7) is 0.802. The van der Waals surface area contributed by atoms with Crippen LogP contribution in [0.4, 0.5) is 0 Å². The molecule has 1 saturated carbocycles. The fraction of sp³-hybridized carbons (Fsp3) is 0.600. The van der Waals surface area contributed by atoms with Crippen molar-refractivity contribution < 1.29 is 4.74 Å². The number of hydrogen-bond donors (Lipinski definition) is 0. The van der Waals surface area contributed by atoms with Crippen molar-refractivity contribution in [1.82, 2.24) is 0 Å². The first-order chi connectivity index (χ1) is 8.42. The molecule has 0 aromatic heterocycles. The van der Waals surface area contributed by atoms with Gasteiger partial charge in [0.25, 0.3) is 0 Å². The maximum atomic E-state index is 6.07. The van der Waals surface area contributed by atoms with E-state index in [0.717, 1.165) is 11.9 Å². The van der Waals surface area contributed by atoms with E-state index in [-0.39, 0.29) is 0 Å². The molecule has 2 rings (SSSR count). The Labute approximate surface area is 113 Å². The van der Waals surface area contributed by atoms with Gasteiger partial charge in [-0.25, -0.2) is 0 Å². The molecule has 1 aliphatic carbocycles. The number of alkyl halides is 1. The maximum absolute atomic E-state index is 6.07. The predicted molar refractivity (Wildman–Crippen MR) is 75.5 cm³/mol. The van der Waals surface area contributed by atoms with Crippen molar-refractivity contribution in [3.8, 4) is 0 Å². The average Bonchev–Trinajstić information content (AvgIpc) is 2.42. The van der Waals surface area contributed by atoms with E-state index in [9.17, 15) is 0 Å². The lowest BCUT2D eigenvalue weighted by Crippen LogP contribution is -2.19. The summed E-state index contributed by atoms with van der Waals surface area (Å²) in [5, 5.41) is 0.920. The number of hydrogen-bond acceptors (Lipinski definition) is 1. The Bertz CT molecular complexity index is 306. The van der Waals surface area contributed by atoms with Gasteiger partial charge in [-0.3, -0.25) is 0 Å². The van der Waals surface area contributed by atoms with E-state index in [1.807, 2.05) is 0 Å². The lowest BCUT2D eigenvalue weighted by molar-refractivity contribution is 0.00743. The van der Waals surface area contributed by atoms with E-state index in [2.05, 4.69) is 46.3 Å². The maximum Gasteiger partial charge on any atom is 0.0853 e. The molecule has 0 aliphatic heterocycles. The second-order valence-corrected chi connectivity index (χ2v) is 5.58. The van der Waals surface area contributed by atoms with Gasteiger partial charge in [0.2, 0.25) is 0 Å². The average molecular weight is 297 g/mol. The summed E-state index contributed by atoms with van der Waals surface area (Å²) in [6.07, 6.45) is 7.08. The lowest BCUT2D eigenvalue weighted by Gasteiger charge is -2.30. The second-order valence-electron chi connectivity index (χ2n) is 4.79. The summed E-state index contributed by atoms with van der Waals surface area (Å²) >= 11 is 3.45. The number of rotatable bonds is 5. The molecule has 2 heteroatoms. The van der Waals surface area contributed by atoms with E-state index in [4.69, 9.17) is 4.74 Å². The molecule has 0 amide bonds. The SMILES string of the molecule is BrCCOC(c1ccccc1)C1CCCCC1. The number of benzene rings is 1. The van der Waals surface area contributed by atoms with Crippen molar-refractivity contribution in [3.63, 3.8) is 0 Å². The zero-order valence-electron chi connectivity index (χ0n) is 10.3. The zero-order valence-corrected chi connectivity index (χ0v) is 11.9. The normalized spacial score (nSPS) is 19.1.